The molecule has 0 radical (unpaired) electrons. The van der Waals surface area contributed by atoms with Crippen LogP contribution in [0.2, 0.25) is 0 Å². The van der Waals surface area contributed by atoms with Crippen molar-refractivity contribution in [1.82, 2.24) is 10.3 Å². The van der Waals surface area contributed by atoms with Crippen LogP contribution >= 0.6 is 0 Å². The summed E-state index contributed by atoms with van der Waals surface area (Å²) in [5.74, 6) is -0.975. The summed E-state index contributed by atoms with van der Waals surface area (Å²) in [4.78, 5) is 28.7. The Kier molecular flexibility index (Phi) is 9.98. The minimum atomic E-state index is -0.879. The lowest BCUT2D eigenvalue weighted by Gasteiger charge is -2.22. The van der Waals surface area contributed by atoms with Gasteiger partial charge in [0.2, 0.25) is 0 Å². The predicted octanol–water partition coefficient (Wildman–Crippen LogP) is 4.29. The molecule has 0 saturated carbocycles. The number of ether oxygens (including phenoxy) is 2. The van der Waals surface area contributed by atoms with Crippen molar-refractivity contribution in [2.24, 2.45) is 5.92 Å². The lowest BCUT2D eigenvalue weighted by Crippen LogP contribution is -2.41. The monoisotopic (exact) mass is 442 g/mol. The Bertz CT molecular complexity index is 872. The number of aromatic hydroxyl groups is 1. The number of benzene rings is 1. The van der Waals surface area contributed by atoms with Crippen molar-refractivity contribution >= 4 is 11.9 Å². The topological polar surface area (TPSA) is 97.8 Å². The quantitative estimate of drug-likeness (QED) is 0.476. The number of esters is 1. The molecule has 3 unspecified atom stereocenters. The number of rotatable bonds is 12. The van der Waals surface area contributed by atoms with Crippen molar-refractivity contribution in [2.45, 2.75) is 65.0 Å². The lowest BCUT2D eigenvalue weighted by atomic mass is 9.92. The van der Waals surface area contributed by atoms with Gasteiger partial charge in [0.25, 0.3) is 5.91 Å². The Morgan fingerprint density at radius 2 is 1.88 bits per heavy atom. The van der Waals surface area contributed by atoms with Crippen molar-refractivity contribution in [3.8, 4) is 11.5 Å². The van der Waals surface area contributed by atoms with Crippen molar-refractivity contribution in [3.05, 3.63) is 53.9 Å². The van der Waals surface area contributed by atoms with E-state index in [-0.39, 0.29) is 23.3 Å². The largest absolute Gasteiger partial charge is 0.503 e. The van der Waals surface area contributed by atoms with Crippen LogP contribution in [0.25, 0.3) is 0 Å². The molecule has 3 atom stereocenters. The third kappa shape index (κ3) is 7.55. The Hall–Kier alpha value is -3.09. The van der Waals surface area contributed by atoms with Gasteiger partial charge < -0.3 is 19.9 Å². The number of hydrogen-bond acceptors (Lipinski definition) is 6. The second-order valence-electron chi connectivity index (χ2n) is 8.04. The lowest BCUT2D eigenvalue weighted by molar-refractivity contribution is -0.150. The molecule has 0 saturated heterocycles. The SMILES string of the molecule is CCC(CCCc1ccccc1)CC(C)OC(=O)C(C)NC(=O)c1nccc(OC)c1O. The number of aryl methyl sites for hydroxylation is 1. The summed E-state index contributed by atoms with van der Waals surface area (Å²) >= 11 is 0. The third-order valence-corrected chi connectivity index (χ3v) is 5.50. The molecule has 7 heteroatoms. The van der Waals surface area contributed by atoms with Crippen molar-refractivity contribution in [2.75, 3.05) is 7.11 Å². The van der Waals surface area contributed by atoms with Gasteiger partial charge >= 0.3 is 5.97 Å². The molecule has 0 aliphatic heterocycles. The van der Waals surface area contributed by atoms with Crippen LogP contribution in [0.3, 0.4) is 0 Å². The van der Waals surface area contributed by atoms with E-state index in [1.165, 1.54) is 24.9 Å². The number of pyridine rings is 1. The molecule has 1 heterocycles. The van der Waals surface area contributed by atoms with E-state index < -0.39 is 17.9 Å². The Balaban J connectivity index is 1.80. The average Bonchev–Trinajstić information content (AvgIpc) is 2.79. The second-order valence-corrected chi connectivity index (χ2v) is 8.04. The fourth-order valence-electron chi connectivity index (χ4n) is 3.64. The highest BCUT2D eigenvalue weighted by Gasteiger charge is 2.24. The highest BCUT2D eigenvalue weighted by atomic mass is 16.5. The summed E-state index contributed by atoms with van der Waals surface area (Å²) in [5.41, 5.74) is 1.13. The number of amides is 1. The van der Waals surface area contributed by atoms with Crippen molar-refractivity contribution in [3.63, 3.8) is 0 Å². The summed E-state index contributed by atoms with van der Waals surface area (Å²) in [5, 5.41) is 12.6. The maximum absolute atomic E-state index is 12.5. The zero-order valence-electron chi connectivity index (χ0n) is 19.3. The van der Waals surface area contributed by atoms with E-state index in [0.717, 1.165) is 32.1 Å². The van der Waals surface area contributed by atoms with E-state index in [4.69, 9.17) is 9.47 Å². The van der Waals surface area contributed by atoms with Gasteiger partial charge in [-0.25, -0.2) is 9.78 Å². The van der Waals surface area contributed by atoms with Crippen LogP contribution in [0.15, 0.2) is 42.6 Å². The van der Waals surface area contributed by atoms with Crippen LogP contribution in [-0.2, 0) is 16.0 Å². The van der Waals surface area contributed by atoms with Gasteiger partial charge in [0, 0.05) is 12.3 Å². The normalized spacial score (nSPS) is 13.6. The van der Waals surface area contributed by atoms with Gasteiger partial charge in [0.05, 0.1) is 13.2 Å². The molecule has 1 aromatic heterocycles. The first-order valence-corrected chi connectivity index (χ1v) is 11.1. The minimum Gasteiger partial charge on any atom is -0.503 e. The van der Waals surface area contributed by atoms with Crippen molar-refractivity contribution in [1.29, 1.82) is 0 Å². The fourth-order valence-corrected chi connectivity index (χ4v) is 3.64. The molecule has 7 nitrogen and oxygen atoms in total. The molecule has 174 valence electrons. The van der Waals surface area contributed by atoms with Gasteiger partial charge in [-0.15, -0.1) is 0 Å². The Morgan fingerprint density at radius 3 is 2.53 bits per heavy atom. The van der Waals surface area contributed by atoms with E-state index in [1.807, 2.05) is 13.0 Å². The summed E-state index contributed by atoms with van der Waals surface area (Å²) < 4.78 is 10.5. The molecule has 2 N–H and O–H groups in total. The van der Waals surface area contributed by atoms with Crippen molar-refractivity contribution < 1.29 is 24.2 Å². The molecule has 2 aromatic rings. The number of hydrogen-bond donors (Lipinski definition) is 2. The Labute approximate surface area is 190 Å². The molecule has 32 heavy (non-hydrogen) atoms. The average molecular weight is 443 g/mol. The third-order valence-electron chi connectivity index (χ3n) is 5.50. The molecule has 2 rings (SSSR count). The summed E-state index contributed by atoms with van der Waals surface area (Å²) in [6.45, 7) is 5.57. The molecular formula is C25H34N2O5. The van der Waals surface area contributed by atoms with Gasteiger partial charge in [-0.05, 0) is 44.6 Å². The zero-order chi connectivity index (χ0) is 23.5. The van der Waals surface area contributed by atoms with Gasteiger partial charge in [0.1, 0.15) is 6.04 Å². The number of nitrogens with one attached hydrogen (secondary N) is 1. The van der Waals surface area contributed by atoms with E-state index in [9.17, 15) is 14.7 Å². The highest BCUT2D eigenvalue weighted by molar-refractivity contribution is 5.97. The standard InChI is InChI=1S/C25H34N2O5/c1-5-19(12-9-13-20-10-7-6-8-11-20)16-17(2)32-25(30)18(3)27-24(29)22-23(28)21(31-4)14-15-26-22/h6-8,10-11,14-15,17-19,28H,5,9,12-13,16H2,1-4H3,(H,27,29). The maximum atomic E-state index is 12.5. The molecule has 0 fully saturated rings. The highest BCUT2D eigenvalue weighted by Crippen LogP contribution is 2.27. The molecule has 0 aliphatic rings. The van der Waals surface area contributed by atoms with Crippen LogP contribution in [0.4, 0.5) is 0 Å². The first kappa shape index (κ1) is 25.2. The first-order valence-electron chi connectivity index (χ1n) is 11.1. The second kappa shape index (κ2) is 12.7. The maximum Gasteiger partial charge on any atom is 0.328 e. The van der Waals surface area contributed by atoms with Crippen LogP contribution in [-0.4, -0.2) is 41.2 Å². The van der Waals surface area contributed by atoms with Gasteiger partial charge in [-0.3, -0.25) is 4.79 Å². The summed E-state index contributed by atoms with van der Waals surface area (Å²) in [6.07, 6.45) is 6.08. The van der Waals surface area contributed by atoms with Gasteiger partial charge in [0.15, 0.2) is 17.2 Å². The summed E-state index contributed by atoms with van der Waals surface area (Å²) in [6, 6.07) is 11.0. The van der Waals surface area contributed by atoms with E-state index in [1.54, 1.807) is 6.92 Å². The predicted molar refractivity (Wildman–Crippen MR) is 123 cm³/mol. The van der Waals surface area contributed by atoms with Crippen LogP contribution in [0, 0.1) is 5.92 Å². The van der Waals surface area contributed by atoms with E-state index in [0.29, 0.717) is 5.92 Å². The van der Waals surface area contributed by atoms with Gasteiger partial charge in [-0.1, -0.05) is 50.1 Å². The Morgan fingerprint density at radius 1 is 1.16 bits per heavy atom. The number of carbonyl (C=O) groups excluding carboxylic acids is 2. The van der Waals surface area contributed by atoms with Crippen LogP contribution in [0.1, 0.15) is 62.5 Å². The zero-order valence-corrected chi connectivity index (χ0v) is 19.3. The number of aromatic nitrogens is 1. The fraction of sp³-hybridized carbons (Fsp3) is 0.480. The molecule has 0 aliphatic carbocycles. The number of methoxy groups -OCH3 is 1. The van der Waals surface area contributed by atoms with E-state index >= 15 is 0 Å². The molecular weight excluding hydrogens is 408 g/mol. The molecule has 1 aromatic carbocycles. The van der Waals surface area contributed by atoms with Gasteiger partial charge in [-0.2, -0.15) is 0 Å². The number of nitrogens with zero attached hydrogens (tertiary/aromatic N) is 1. The van der Waals surface area contributed by atoms with Crippen LogP contribution in [0.5, 0.6) is 11.5 Å². The minimum absolute atomic E-state index is 0.131. The summed E-state index contributed by atoms with van der Waals surface area (Å²) in [7, 11) is 1.38. The smallest absolute Gasteiger partial charge is 0.328 e. The molecule has 1 amide bonds. The molecule has 0 spiro atoms. The number of carbonyl (C=O) groups is 2. The van der Waals surface area contributed by atoms with Crippen LogP contribution < -0.4 is 10.1 Å². The molecule has 0 bridgehead atoms. The first-order chi connectivity index (χ1) is 15.3. The van der Waals surface area contributed by atoms with E-state index in [2.05, 4.69) is 41.5 Å².